The predicted molar refractivity (Wildman–Crippen MR) is 131 cm³/mol. The minimum absolute atomic E-state index is 0.0207. The molecule has 3 aromatic rings. The van der Waals surface area contributed by atoms with Gasteiger partial charge in [0.2, 0.25) is 5.91 Å². The van der Waals surface area contributed by atoms with E-state index < -0.39 is 0 Å². The van der Waals surface area contributed by atoms with Gasteiger partial charge in [0.25, 0.3) is 11.8 Å². The number of hydrogen-bond acceptors (Lipinski definition) is 3. The number of carbonyl (C=O) groups is 3. The van der Waals surface area contributed by atoms with Crippen molar-refractivity contribution in [3.63, 3.8) is 0 Å². The molecule has 0 atom stereocenters. The Labute approximate surface area is 194 Å². The molecule has 0 aromatic heterocycles. The van der Waals surface area contributed by atoms with Crippen LogP contribution in [0.15, 0.2) is 78.9 Å². The van der Waals surface area contributed by atoms with E-state index in [9.17, 15) is 14.4 Å². The van der Waals surface area contributed by atoms with E-state index in [1.54, 1.807) is 48.5 Å². The van der Waals surface area contributed by atoms with Crippen LogP contribution < -0.4 is 16.0 Å². The largest absolute Gasteiger partial charge is 0.348 e. The van der Waals surface area contributed by atoms with Gasteiger partial charge < -0.3 is 16.0 Å². The first-order valence-electron chi connectivity index (χ1n) is 11.1. The van der Waals surface area contributed by atoms with Crippen LogP contribution in [0.5, 0.6) is 0 Å². The Bertz CT molecular complexity index is 1090. The molecule has 33 heavy (non-hydrogen) atoms. The highest BCUT2D eigenvalue weighted by Gasteiger charge is 2.16. The SMILES string of the molecule is CCC(CC)C(=O)Nc1ccc(C(=O)Nc2ccccc2C(=O)NCc2ccccc2)cc1. The van der Waals surface area contributed by atoms with Gasteiger partial charge in [-0.3, -0.25) is 14.4 Å². The second-order valence-electron chi connectivity index (χ2n) is 7.75. The second-order valence-corrected chi connectivity index (χ2v) is 7.75. The lowest BCUT2D eigenvalue weighted by molar-refractivity contribution is -0.120. The number of hydrogen-bond donors (Lipinski definition) is 3. The number of rotatable bonds is 9. The zero-order chi connectivity index (χ0) is 23.6. The van der Waals surface area contributed by atoms with Gasteiger partial charge in [0.15, 0.2) is 0 Å². The van der Waals surface area contributed by atoms with Crippen molar-refractivity contribution in [2.24, 2.45) is 5.92 Å². The van der Waals surface area contributed by atoms with Crippen molar-refractivity contribution in [1.82, 2.24) is 5.32 Å². The highest BCUT2D eigenvalue weighted by molar-refractivity contribution is 6.09. The van der Waals surface area contributed by atoms with Crippen LogP contribution in [0.1, 0.15) is 53.0 Å². The number of para-hydroxylation sites is 1. The Balaban J connectivity index is 1.64. The third-order valence-electron chi connectivity index (χ3n) is 5.49. The predicted octanol–water partition coefficient (Wildman–Crippen LogP) is 5.24. The summed E-state index contributed by atoms with van der Waals surface area (Å²) in [4.78, 5) is 37.7. The first kappa shape index (κ1) is 23.7. The van der Waals surface area contributed by atoms with Crippen molar-refractivity contribution in [1.29, 1.82) is 0 Å². The molecule has 0 fully saturated rings. The van der Waals surface area contributed by atoms with Crippen LogP contribution in [-0.2, 0) is 11.3 Å². The molecule has 3 aromatic carbocycles. The van der Waals surface area contributed by atoms with E-state index in [4.69, 9.17) is 0 Å². The molecule has 3 rings (SSSR count). The molecule has 170 valence electrons. The molecule has 6 heteroatoms. The minimum atomic E-state index is -0.337. The molecule has 3 amide bonds. The molecule has 0 unspecified atom stereocenters. The van der Waals surface area contributed by atoms with E-state index in [0.717, 1.165) is 18.4 Å². The monoisotopic (exact) mass is 443 g/mol. The fourth-order valence-electron chi connectivity index (χ4n) is 3.47. The van der Waals surface area contributed by atoms with Crippen molar-refractivity contribution in [2.45, 2.75) is 33.2 Å². The third kappa shape index (κ3) is 6.53. The summed E-state index contributed by atoms with van der Waals surface area (Å²) in [5.41, 5.74) is 2.87. The molecular weight excluding hydrogens is 414 g/mol. The van der Waals surface area contributed by atoms with Gasteiger partial charge in [-0.05, 0) is 54.8 Å². The van der Waals surface area contributed by atoms with Gasteiger partial charge in [-0.2, -0.15) is 0 Å². The second kappa shape index (κ2) is 11.6. The molecule has 3 N–H and O–H groups in total. The zero-order valence-electron chi connectivity index (χ0n) is 18.9. The van der Waals surface area contributed by atoms with Crippen LogP contribution >= 0.6 is 0 Å². The van der Waals surface area contributed by atoms with Crippen LogP contribution in [0.3, 0.4) is 0 Å². The van der Waals surface area contributed by atoms with Crippen LogP contribution in [0.2, 0.25) is 0 Å². The van der Waals surface area contributed by atoms with E-state index in [2.05, 4.69) is 16.0 Å². The molecular formula is C27H29N3O3. The third-order valence-corrected chi connectivity index (χ3v) is 5.49. The van der Waals surface area contributed by atoms with Gasteiger partial charge in [-0.15, -0.1) is 0 Å². The Morgan fingerprint density at radius 2 is 1.36 bits per heavy atom. The fraction of sp³-hybridized carbons (Fsp3) is 0.222. The molecule has 0 heterocycles. The van der Waals surface area contributed by atoms with Gasteiger partial charge in [-0.25, -0.2) is 0 Å². The average Bonchev–Trinajstić information content (AvgIpc) is 2.84. The summed E-state index contributed by atoms with van der Waals surface area (Å²) in [5, 5.41) is 8.59. The van der Waals surface area contributed by atoms with Crippen LogP contribution in [-0.4, -0.2) is 17.7 Å². The normalized spacial score (nSPS) is 10.5. The molecule has 0 spiro atoms. The van der Waals surface area contributed by atoms with E-state index in [1.165, 1.54) is 0 Å². The highest BCUT2D eigenvalue weighted by Crippen LogP contribution is 2.18. The molecule has 6 nitrogen and oxygen atoms in total. The number of carbonyl (C=O) groups excluding carboxylic acids is 3. The van der Waals surface area contributed by atoms with Gasteiger partial charge in [0.1, 0.15) is 0 Å². The summed E-state index contributed by atoms with van der Waals surface area (Å²) in [5.74, 6) is -0.657. The van der Waals surface area contributed by atoms with Crippen LogP contribution in [0.4, 0.5) is 11.4 Å². The fourth-order valence-corrected chi connectivity index (χ4v) is 3.47. The van der Waals surface area contributed by atoms with Crippen molar-refractivity contribution in [2.75, 3.05) is 10.6 Å². The smallest absolute Gasteiger partial charge is 0.255 e. The molecule has 0 aliphatic carbocycles. The van der Waals surface area contributed by atoms with Gasteiger partial charge >= 0.3 is 0 Å². The van der Waals surface area contributed by atoms with Gasteiger partial charge in [0, 0.05) is 23.7 Å². The number of nitrogens with one attached hydrogen (secondary N) is 3. The minimum Gasteiger partial charge on any atom is -0.348 e. The lowest BCUT2D eigenvalue weighted by Gasteiger charge is -2.13. The Kier molecular flexibility index (Phi) is 8.36. The first-order chi connectivity index (χ1) is 16.0. The van der Waals surface area contributed by atoms with E-state index in [-0.39, 0.29) is 23.6 Å². The van der Waals surface area contributed by atoms with Crippen molar-refractivity contribution < 1.29 is 14.4 Å². The van der Waals surface area contributed by atoms with E-state index >= 15 is 0 Å². The summed E-state index contributed by atoms with van der Waals surface area (Å²) < 4.78 is 0. The number of benzene rings is 3. The lowest BCUT2D eigenvalue weighted by atomic mass is 10.0. The molecule has 0 aliphatic heterocycles. The zero-order valence-corrected chi connectivity index (χ0v) is 18.9. The quantitative estimate of drug-likeness (QED) is 0.422. The Morgan fingerprint density at radius 1 is 0.727 bits per heavy atom. The molecule has 0 bridgehead atoms. The maximum absolute atomic E-state index is 12.8. The van der Waals surface area contributed by atoms with Crippen LogP contribution in [0, 0.1) is 5.92 Å². The maximum Gasteiger partial charge on any atom is 0.255 e. The molecule has 0 saturated carbocycles. The Hall–Kier alpha value is -3.93. The first-order valence-corrected chi connectivity index (χ1v) is 11.1. The number of anilines is 2. The highest BCUT2D eigenvalue weighted by atomic mass is 16.2. The number of amides is 3. The maximum atomic E-state index is 12.8. The van der Waals surface area contributed by atoms with Crippen molar-refractivity contribution >= 4 is 29.1 Å². The van der Waals surface area contributed by atoms with E-state index in [0.29, 0.717) is 29.0 Å². The summed E-state index contributed by atoms with van der Waals surface area (Å²) in [6, 6.07) is 23.2. The van der Waals surface area contributed by atoms with Crippen molar-refractivity contribution in [3.8, 4) is 0 Å². The summed E-state index contributed by atoms with van der Waals surface area (Å²) in [7, 11) is 0. The molecule has 0 saturated heterocycles. The van der Waals surface area contributed by atoms with Gasteiger partial charge in [-0.1, -0.05) is 56.3 Å². The Morgan fingerprint density at radius 3 is 2.03 bits per heavy atom. The van der Waals surface area contributed by atoms with Crippen LogP contribution in [0.25, 0.3) is 0 Å². The molecule has 0 radical (unpaired) electrons. The summed E-state index contributed by atoms with van der Waals surface area (Å²) in [6.45, 7) is 4.37. The summed E-state index contributed by atoms with van der Waals surface area (Å²) in [6.07, 6.45) is 1.56. The van der Waals surface area contributed by atoms with E-state index in [1.807, 2.05) is 44.2 Å². The molecule has 0 aliphatic rings. The lowest BCUT2D eigenvalue weighted by Crippen LogP contribution is -2.25. The standard InChI is InChI=1S/C27H29N3O3/c1-3-20(4-2)25(31)29-22-16-14-21(15-17-22)26(32)30-24-13-9-8-12-23(24)27(33)28-18-19-10-6-5-7-11-19/h5-17,20H,3-4,18H2,1-2H3,(H,28,33)(H,29,31)(H,30,32). The van der Waals surface area contributed by atoms with Crippen molar-refractivity contribution in [3.05, 3.63) is 95.6 Å². The topological polar surface area (TPSA) is 87.3 Å². The van der Waals surface area contributed by atoms with Gasteiger partial charge in [0.05, 0.1) is 11.3 Å². The summed E-state index contributed by atoms with van der Waals surface area (Å²) >= 11 is 0. The average molecular weight is 444 g/mol.